The van der Waals surface area contributed by atoms with Gasteiger partial charge in [-0.2, -0.15) is 0 Å². The molecule has 0 radical (unpaired) electrons. The molecule has 1 atom stereocenters. The van der Waals surface area contributed by atoms with Crippen LogP contribution in [0.2, 0.25) is 0 Å². The monoisotopic (exact) mass is 209 g/mol. The molecule has 2 nitrogen and oxygen atoms in total. The highest BCUT2D eigenvalue weighted by molar-refractivity contribution is 5.85. The summed E-state index contributed by atoms with van der Waals surface area (Å²) in [5.74, 6) is -1.37. The van der Waals surface area contributed by atoms with E-state index < -0.39 is 17.7 Å². The smallest absolute Gasteiger partial charge is 0.126 e. The number of aliphatic hydroxyl groups is 1. The molecule has 1 aromatic rings. The summed E-state index contributed by atoms with van der Waals surface area (Å²) in [5, 5.41) is 8.60. The highest BCUT2D eigenvalue weighted by Crippen LogP contribution is 2.13. The lowest BCUT2D eigenvalue weighted by Gasteiger charge is -2.07. The lowest BCUT2D eigenvalue weighted by Crippen LogP contribution is -2.14. The standard InChI is InChI=1S/C8H9F2NO.ClH/c9-6-1-5(8(11)4-12)2-7(10)3-6;/h1-3,8,12H,4,11H2;1H/t8-;/m1./s1. The summed E-state index contributed by atoms with van der Waals surface area (Å²) in [7, 11) is 0. The molecule has 0 amide bonds. The maximum absolute atomic E-state index is 12.5. The first-order chi connectivity index (χ1) is 5.63. The van der Waals surface area contributed by atoms with E-state index in [1.165, 1.54) is 0 Å². The number of benzene rings is 1. The van der Waals surface area contributed by atoms with Gasteiger partial charge in [0.15, 0.2) is 0 Å². The van der Waals surface area contributed by atoms with Crippen LogP contribution in [0.4, 0.5) is 8.78 Å². The van der Waals surface area contributed by atoms with E-state index >= 15 is 0 Å². The Morgan fingerprint density at radius 2 is 1.69 bits per heavy atom. The Hall–Kier alpha value is -0.710. The van der Waals surface area contributed by atoms with Crippen molar-refractivity contribution in [2.24, 2.45) is 5.73 Å². The topological polar surface area (TPSA) is 46.2 Å². The lowest BCUT2D eigenvalue weighted by molar-refractivity contribution is 0.267. The maximum Gasteiger partial charge on any atom is 0.126 e. The molecule has 0 heterocycles. The number of hydrogen-bond acceptors (Lipinski definition) is 2. The molecule has 0 bridgehead atoms. The summed E-state index contributed by atoms with van der Waals surface area (Å²) < 4.78 is 25.1. The van der Waals surface area contributed by atoms with Gasteiger partial charge in [0.05, 0.1) is 12.6 Å². The number of rotatable bonds is 2. The minimum atomic E-state index is -0.727. The van der Waals surface area contributed by atoms with Crippen LogP contribution in [0.1, 0.15) is 11.6 Å². The third kappa shape index (κ3) is 3.26. The van der Waals surface area contributed by atoms with E-state index in [2.05, 4.69) is 0 Å². The molecular weight excluding hydrogens is 200 g/mol. The summed E-state index contributed by atoms with van der Waals surface area (Å²) in [6, 6.07) is 2.23. The fraction of sp³-hybridized carbons (Fsp3) is 0.250. The van der Waals surface area contributed by atoms with Crippen LogP contribution in [-0.2, 0) is 0 Å². The fourth-order valence-corrected chi connectivity index (χ4v) is 0.895. The number of halogens is 3. The van der Waals surface area contributed by atoms with Gasteiger partial charge in [-0.3, -0.25) is 0 Å². The first kappa shape index (κ1) is 12.3. The van der Waals surface area contributed by atoms with E-state index in [9.17, 15) is 8.78 Å². The molecule has 0 saturated heterocycles. The summed E-state index contributed by atoms with van der Waals surface area (Å²) in [6.07, 6.45) is 0. The van der Waals surface area contributed by atoms with Crippen LogP contribution < -0.4 is 5.73 Å². The van der Waals surface area contributed by atoms with Crippen molar-refractivity contribution in [3.05, 3.63) is 35.4 Å². The van der Waals surface area contributed by atoms with Gasteiger partial charge in [-0.1, -0.05) is 0 Å². The number of hydrogen-bond donors (Lipinski definition) is 2. The van der Waals surface area contributed by atoms with Gasteiger partial charge >= 0.3 is 0 Å². The SMILES string of the molecule is Cl.N[C@H](CO)c1cc(F)cc(F)c1. The Morgan fingerprint density at radius 3 is 2.08 bits per heavy atom. The fourth-order valence-electron chi connectivity index (χ4n) is 0.895. The van der Waals surface area contributed by atoms with Gasteiger partial charge in [-0.15, -0.1) is 12.4 Å². The summed E-state index contributed by atoms with van der Waals surface area (Å²) in [6.45, 7) is -0.330. The Labute approximate surface area is 80.8 Å². The number of nitrogens with two attached hydrogens (primary N) is 1. The quantitative estimate of drug-likeness (QED) is 0.773. The van der Waals surface area contributed by atoms with E-state index in [0.29, 0.717) is 0 Å². The largest absolute Gasteiger partial charge is 0.394 e. The number of aliphatic hydroxyl groups excluding tert-OH is 1. The highest BCUT2D eigenvalue weighted by Gasteiger charge is 2.07. The summed E-state index contributed by atoms with van der Waals surface area (Å²) in [4.78, 5) is 0. The van der Waals surface area contributed by atoms with E-state index in [1.54, 1.807) is 0 Å². The van der Waals surface area contributed by atoms with Crippen molar-refractivity contribution < 1.29 is 13.9 Å². The van der Waals surface area contributed by atoms with E-state index in [-0.39, 0.29) is 24.6 Å². The molecular formula is C8H10ClF2NO. The zero-order valence-electron chi connectivity index (χ0n) is 6.71. The third-order valence-electron chi connectivity index (χ3n) is 1.51. The second-order valence-corrected chi connectivity index (χ2v) is 2.49. The Balaban J connectivity index is 0.00000144. The average Bonchev–Trinajstić information content (AvgIpc) is 2.01. The van der Waals surface area contributed by atoms with Crippen molar-refractivity contribution in [3.8, 4) is 0 Å². The zero-order valence-corrected chi connectivity index (χ0v) is 7.52. The van der Waals surface area contributed by atoms with Crippen LogP contribution in [0.15, 0.2) is 18.2 Å². The zero-order chi connectivity index (χ0) is 9.14. The van der Waals surface area contributed by atoms with Crippen molar-refractivity contribution in [3.63, 3.8) is 0 Å². The molecule has 13 heavy (non-hydrogen) atoms. The van der Waals surface area contributed by atoms with E-state index in [1.807, 2.05) is 0 Å². The molecule has 0 fully saturated rings. The second-order valence-electron chi connectivity index (χ2n) is 2.49. The van der Waals surface area contributed by atoms with Crippen LogP contribution >= 0.6 is 12.4 Å². The van der Waals surface area contributed by atoms with Crippen molar-refractivity contribution in [1.82, 2.24) is 0 Å². The summed E-state index contributed by atoms with van der Waals surface area (Å²) >= 11 is 0. The molecule has 5 heteroatoms. The van der Waals surface area contributed by atoms with Gasteiger partial charge in [-0.25, -0.2) is 8.78 Å². The van der Waals surface area contributed by atoms with Crippen molar-refractivity contribution in [1.29, 1.82) is 0 Å². The molecule has 0 aliphatic rings. The highest BCUT2D eigenvalue weighted by atomic mass is 35.5. The van der Waals surface area contributed by atoms with Crippen LogP contribution in [0.5, 0.6) is 0 Å². The van der Waals surface area contributed by atoms with Crippen molar-refractivity contribution in [2.75, 3.05) is 6.61 Å². The maximum atomic E-state index is 12.5. The van der Waals surface area contributed by atoms with Crippen LogP contribution in [0, 0.1) is 11.6 Å². The van der Waals surface area contributed by atoms with Gasteiger partial charge in [0.2, 0.25) is 0 Å². The first-order valence-corrected chi connectivity index (χ1v) is 3.46. The molecule has 1 rings (SSSR count). The molecule has 0 aliphatic heterocycles. The van der Waals surface area contributed by atoms with Crippen LogP contribution in [-0.4, -0.2) is 11.7 Å². The second kappa shape index (κ2) is 5.11. The van der Waals surface area contributed by atoms with Gasteiger partial charge < -0.3 is 10.8 Å². The lowest BCUT2D eigenvalue weighted by atomic mass is 10.1. The van der Waals surface area contributed by atoms with Crippen LogP contribution in [0.25, 0.3) is 0 Å². The molecule has 3 N–H and O–H groups in total. The molecule has 0 aromatic heterocycles. The minimum Gasteiger partial charge on any atom is -0.394 e. The predicted molar refractivity (Wildman–Crippen MR) is 47.6 cm³/mol. The predicted octanol–water partition coefficient (Wildman–Crippen LogP) is 1.38. The first-order valence-electron chi connectivity index (χ1n) is 3.46. The van der Waals surface area contributed by atoms with Crippen molar-refractivity contribution >= 4 is 12.4 Å². The van der Waals surface area contributed by atoms with Gasteiger partial charge in [-0.05, 0) is 17.7 Å². The Kier molecular flexibility index (Phi) is 4.83. The molecule has 1 aromatic carbocycles. The normalized spacial score (nSPS) is 12.0. The Morgan fingerprint density at radius 1 is 1.23 bits per heavy atom. The Bertz CT molecular complexity index is 263. The average molecular weight is 210 g/mol. The van der Waals surface area contributed by atoms with Gasteiger partial charge in [0.1, 0.15) is 11.6 Å². The van der Waals surface area contributed by atoms with Gasteiger partial charge in [0.25, 0.3) is 0 Å². The van der Waals surface area contributed by atoms with Crippen molar-refractivity contribution in [2.45, 2.75) is 6.04 Å². The van der Waals surface area contributed by atoms with E-state index in [0.717, 1.165) is 18.2 Å². The summed E-state index contributed by atoms with van der Waals surface area (Å²) in [5.41, 5.74) is 5.61. The molecule has 0 unspecified atom stereocenters. The minimum absolute atomic E-state index is 0. The van der Waals surface area contributed by atoms with E-state index in [4.69, 9.17) is 10.8 Å². The molecule has 0 spiro atoms. The molecule has 74 valence electrons. The van der Waals surface area contributed by atoms with Gasteiger partial charge in [0, 0.05) is 6.07 Å². The van der Waals surface area contributed by atoms with Crippen LogP contribution in [0.3, 0.4) is 0 Å². The molecule has 0 aliphatic carbocycles. The third-order valence-corrected chi connectivity index (χ3v) is 1.51. The molecule has 0 saturated carbocycles.